The molecule has 3 aromatic heterocycles. The largest absolute Gasteiger partial charge is 0.378 e. The first-order valence-corrected chi connectivity index (χ1v) is 15.3. The van der Waals surface area contributed by atoms with Crippen LogP contribution < -0.4 is 15.5 Å². The highest BCUT2D eigenvalue weighted by molar-refractivity contribution is 6.03. The van der Waals surface area contributed by atoms with Gasteiger partial charge in [-0.3, -0.25) is 19.5 Å². The molecule has 6 heterocycles. The molecule has 1 atom stereocenters. The summed E-state index contributed by atoms with van der Waals surface area (Å²) in [6, 6.07) is 13.6. The Morgan fingerprint density at radius 2 is 1.84 bits per heavy atom. The molecule has 3 aliphatic rings. The van der Waals surface area contributed by atoms with Gasteiger partial charge >= 0.3 is 0 Å². The molecular formula is C33H36N8O4. The number of nitrogens with one attached hydrogen (secondary N) is 3. The summed E-state index contributed by atoms with van der Waals surface area (Å²) >= 11 is 0. The van der Waals surface area contributed by atoms with Crippen LogP contribution in [-0.2, 0) is 19.8 Å². The van der Waals surface area contributed by atoms with Crippen molar-refractivity contribution in [2.75, 3.05) is 62.8 Å². The number of H-pyrrole nitrogens is 1. The second-order valence-electron chi connectivity index (χ2n) is 11.7. The number of piperidine rings is 1. The molecule has 0 aliphatic carbocycles. The molecule has 12 nitrogen and oxygen atoms in total. The number of rotatable bonds is 8. The average molecular weight is 609 g/mol. The maximum atomic E-state index is 13.3. The number of nitrogens with zero attached hydrogens (tertiary/aromatic N) is 5. The van der Waals surface area contributed by atoms with Crippen LogP contribution in [0.25, 0.3) is 22.3 Å². The van der Waals surface area contributed by atoms with Crippen LogP contribution in [0.5, 0.6) is 0 Å². The van der Waals surface area contributed by atoms with Crippen LogP contribution >= 0.6 is 0 Å². The van der Waals surface area contributed by atoms with Crippen LogP contribution in [0, 0.1) is 0 Å². The maximum absolute atomic E-state index is 13.3. The maximum Gasteiger partial charge on any atom is 0.274 e. The van der Waals surface area contributed by atoms with Crippen molar-refractivity contribution in [2.45, 2.75) is 24.4 Å². The summed E-state index contributed by atoms with van der Waals surface area (Å²) in [5, 5.41) is 6.99. The van der Waals surface area contributed by atoms with E-state index in [0.29, 0.717) is 44.4 Å². The number of carbonyl (C=O) groups excluding carboxylic acids is 2. The number of morpholine rings is 1. The van der Waals surface area contributed by atoms with Gasteiger partial charge in [0, 0.05) is 43.3 Å². The molecule has 0 saturated carbocycles. The molecule has 45 heavy (non-hydrogen) atoms. The summed E-state index contributed by atoms with van der Waals surface area (Å²) in [6.45, 7) is 9.16. The third-order valence-electron chi connectivity index (χ3n) is 8.94. The van der Waals surface area contributed by atoms with Crippen LogP contribution in [0.1, 0.15) is 28.9 Å². The molecule has 3 aliphatic heterocycles. The van der Waals surface area contributed by atoms with E-state index in [1.54, 1.807) is 12.5 Å². The predicted octanol–water partition coefficient (Wildman–Crippen LogP) is 3.10. The van der Waals surface area contributed by atoms with E-state index in [2.05, 4.69) is 53.0 Å². The Morgan fingerprint density at radius 3 is 2.60 bits per heavy atom. The van der Waals surface area contributed by atoms with Crippen LogP contribution in [0.15, 0.2) is 67.6 Å². The SMILES string of the molecule is C=CC(=O)N[C@@H]1CCCN(C2(c3ccnc(C(=O)Nc4ccc(-c5cc6c(N7CCOCC7)ncnc6[nH]5)cc4)c3)COC2)C1. The van der Waals surface area contributed by atoms with Gasteiger partial charge in [-0.25, -0.2) is 9.97 Å². The van der Waals surface area contributed by atoms with E-state index in [1.807, 2.05) is 36.4 Å². The minimum absolute atomic E-state index is 0.0402. The lowest BCUT2D eigenvalue weighted by Gasteiger charge is -2.52. The summed E-state index contributed by atoms with van der Waals surface area (Å²) < 4.78 is 11.2. The summed E-state index contributed by atoms with van der Waals surface area (Å²) in [5.74, 6) is 0.454. The lowest BCUT2D eigenvalue weighted by atomic mass is 9.84. The molecule has 3 fully saturated rings. The van der Waals surface area contributed by atoms with Gasteiger partial charge in [0.15, 0.2) is 0 Å². The molecule has 12 heteroatoms. The number of aromatic amines is 1. The molecule has 232 valence electrons. The molecular weight excluding hydrogens is 572 g/mol. The first-order chi connectivity index (χ1) is 22.0. The number of ether oxygens (including phenoxy) is 2. The number of anilines is 2. The predicted molar refractivity (Wildman–Crippen MR) is 170 cm³/mol. The van der Waals surface area contributed by atoms with Gasteiger partial charge in [-0.1, -0.05) is 18.7 Å². The highest BCUT2D eigenvalue weighted by Crippen LogP contribution is 2.38. The smallest absolute Gasteiger partial charge is 0.274 e. The molecule has 1 aromatic carbocycles. The highest BCUT2D eigenvalue weighted by atomic mass is 16.5. The number of benzene rings is 1. The Hall–Kier alpha value is -4.65. The van der Waals surface area contributed by atoms with Crippen LogP contribution in [0.2, 0.25) is 0 Å². The monoisotopic (exact) mass is 608 g/mol. The summed E-state index contributed by atoms with van der Waals surface area (Å²) in [5.41, 5.74) is 4.29. The molecule has 0 spiro atoms. The van der Waals surface area contributed by atoms with E-state index < -0.39 is 0 Å². The molecule has 7 rings (SSSR count). The van der Waals surface area contributed by atoms with Crippen molar-refractivity contribution < 1.29 is 19.1 Å². The van der Waals surface area contributed by atoms with Gasteiger partial charge in [-0.2, -0.15) is 0 Å². The molecule has 3 saturated heterocycles. The number of carbonyl (C=O) groups is 2. The van der Waals surface area contributed by atoms with Crippen molar-refractivity contribution in [1.29, 1.82) is 0 Å². The van der Waals surface area contributed by atoms with Crippen molar-refractivity contribution in [2.24, 2.45) is 0 Å². The minimum Gasteiger partial charge on any atom is -0.378 e. The number of likely N-dealkylation sites (tertiary alicyclic amines) is 1. The van der Waals surface area contributed by atoms with Crippen molar-refractivity contribution in [3.8, 4) is 11.3 Å². The Morgan fingerprint density at radius 1 is 1.02 bits per heavy atom. The minimum atomic E-state index is -0.358. The fourth-order valence-corrected chi connectivity index (χ4v) is 6.45. The Bertz CT molecular complexity index is 1710. The van der Waals surface area contributed by atoms with Gasteiger partial charge in [0.05, 0.1) is 37.4 Å². The lowest BCUT2D eigenvalue weighted by molar-refractivity contribution is -0.154. The van der Waals surface area contributed by atoms with Crippen LogP contribution in [-0.4, -0.2) is 95.3 Å². The number of hydrogen-bond donors (Lipinski definition) is 3. The van der Waals surface area contributed by atoms with E-state index >= 15 is 0 Å². The standard InChI is InChI=1S/C33H36N8O4/c1-2-29(42)37-25-4-3-11-41(18-25)33(19-45-20-33)23-9-10-34-28(16-23)32(43)38-24-7-5-22(6-8-24)27-17-26-30(39-27)35-21-36-31(26)40-12-14-44-15-13-40/h2,5-10,16-17,21,25H,1,3-4,11-15,18-20H2,(H,37,42)(H,38,43)(H,35,36,39)/t25-/m1/s1. The van der Waals surface area contributed by atoms with E-state index in [0.717, 1.165) is 66.1 Å². The third-order valence-corrected chi connectivity index (χ3v) is 8.94. The first kappa shape index (κ1) is 29.1. The van der Waals surface area contributed by atoms with Crippen molar-refractivity contribution in [3.05, 3.63) is 78.9 Å². The van der Waals surface area contributed by atoms with Gasteiger partial charge in [-0.15, -0.1) is 0 Å². The van der Waals surface area contributed by atoms with Gasteiger partial charge in [-0.05, 0) is 66.9 Å². The van der Waals surface area contributed by atoms with Crippen LogP contribution in [0.4, 0.5) is 11.5 Å². The Balaban J connectivity index is 1.05. The zero-order chi connectivity index (χ0) is 30.8. The van der Waals surface area contributed by atoms with E-state index in [9.17, 15) is 9.59 Å². The fourth-order valence-electron chi connectivity index (χ4n) is 6.45. The van der Waals surface area contributed by atoms with Crippen molar-refractivity contribution in [3.63, 3.8) is 0 Å². The van der Waals surface area contributed by atoms with Crippen molar-refractivity contribution in [1.82, 2.24) is 30.2 Å². The molecule has 0 radical (unpaired) electrons. The first-order valence-electron chi connectivity index (χ1n) is 15.3. The van der Waals surface area contributed by atoms with E-state index in [4.69, 9.17) is 9.47 Å². The highest BCUT2D eigenvalue weighted by Gasteiger charge is 2.47. The number of pyridine rings is 1. The van der Waals surface area contributed by atoms with Crippen LogP contribution in [0.3, 0.4) is 0 Å². The van der Waals surface area contributed by atoms with Gasteiger partial charge in [0.1, 0.15) is 23.5 Å². The number of fused-ring (bicyclic) bond motifs is 1. The molecule has 4 aromatic rings. The van der Waals surface area contributed by atoms with E-state index in [1.165, 1.54) is 6.08 Å². The normalized spacial score (nSPS) is 19.9. The number of amides is 2. The van der Waals surface area contributed by atoms with Gasteiger partial charge in [0.25, 0.3) is 5.91 Å². The molecule has 2 amide bonds. The van der Waals surface area contributed by atoms with Crippen molar-refractivity contribution >= 4 is 34.4 Å². The topological polar surface area (TPSA) is 138 Å². The lowest BCUT2D eigenvalue weighted by Crippen LogP contribution is -2.63. The summed E-state index contributed by atoms with van der Waals surface area (Å²) in [6.07, 6.45) is 6.45. The van der Waals surface area contributed by atoms with Gasteiger partial charge < -0.3 is 30.0 Å². The summed E-state index contributed by atoms with van der Waals surface area (Å²) in [7, 11) is 0. The Kier molecular flexibility index (Phi) is 8.01. The third kappa shape index (κ3) is 5.79. The molecule has 0 unspecified atom stereocenters. The van der Waals surface area contributed by atoms with Gasteiger partial charge in [0.2, 0.25) is 5.91 Å². The number of aromatic nitrogens is 4. The summed E-state index contributed by atoms with van der Waals surface area (Å²) in [4.78, 5) is 46.6. The van der Waals surface area contributed by atoms with E-state index in [-0.39, 0.29) is 23.4 Å². The molecule has 0 bridgehead atoms. The zero-order valence-electron chi connectivity index (χ0n) is 25.0. The number of hydrogen-bond acceptors (Lipinski definition) is 9. The second kappa shape index (κ2) is 12.4. The zero-order valence-corrected chi connectivity index (χ0v) is 25.0. The second-order valence-corrected chi connectivity index (χ2v) is 11.7. The fraction of sp³-hybridized carbons (Fsp3) is 0.364. The molecule has 3 N–H and O–H groups in total. The Labute approximate surface area is 260 Å². The average Bonchev–Trinajstić information content (AvgIpc) is 3.50. The quantitative estimate of drug-likeness (QED) is 0.258.